The molecule has 1 aliphatic heterocycles. The molecule has 0 aliphatic carbocycles. The number of fused-ring (bicyclic) bond motifs is 1. The fraction of sp³-hybridized carbons (Fsp3) is 0.190. The van der Waals surface area contributed by atoms with Gasteiger partial charge in [0.2, 0.25) is 5.56 Å². The van der Waals surface area contributed by atoms with Crippen molar-refractivity contribution in [2.24, 2.45) is 10.8 Å². The van der Waals surface area contributed by atoms with E-state index in [9.17, 15) is 9.59 Å². The van der Waals surface area contributed by atoms with Crippen molar-refractivity contribution in [3.63, 3.8) is 0 Å². The number of benzene rings is 2. The van der Waals surface area contributed by atoms with Crippen molar-refractivity contribution in [2.75, 3.05) is 11.6 Å². The fourth-order valence-electron chi connectivity index (χ4n) is 3.31. The molecule has 31 heavy (non-hydrogen) atoms. The molecule has 2 heterocycles. The number of hydrogen-bond acceptors (Lipinski definition) is 5. The molecule has 2 amide bonds. The Hall–Kier alpha value is -3.23. The summed E-state index contributed by atoms with van der Waals surface area (Å²) in [6.45, 7) is 4.20. The third-order valence-corrected chi connectivity index (χ3v) is 5.32. The highest BCUT2D eigenvalue weighted by Gasteiger charge is 2.23. The molecular formula is C21H19Cl2N5O3. The molecule has 0 fully saturated rings. The van der Waals surface area contributed by atoms with Gasteiger partial charge in [0.15, 0.2) is 5.75 Å². The van der Waals surface area contributed by atoms with Crippen LogP contribution in [0.4, 0.5) is 10.5 Å². The SMILES string of the molecule is CC(C)c1cc(=O)[nH]c2ccc(Oc3c(Cl)cc(N4N=C(N)CNC4=O)cc3Cl)cc12. The highest BCUT2D eigenvalue weighted by atomic mass is 35.5. The summed E-state index contributed by atoms with van der Waals surface area (Å²) in [5.41, 5.74) is 7.51. The van der Waals surface area contributed by atoms with Gasteiger partial charge in [-0.25, -0.2) is 4.79 Å². The quantitative estimate of drug-likeness (QED) is 0.530. The van der Waals surface area contributed by atoms with Gasteiger partial charge in [0.05, 0.1) is 22.3 Å². The molecule has 0 unspecified atom stereocenters. The Balaban J connectivity index is 1.71. The zero-order chi connectivity index (χ0) is 22.3. The predicted molar refractivity (Wildman–Crippen MR) is 123 cm³/mol. The number of amides is 2. The Morgan fingerprint density at radius 2 is 1.84 bits per heavy atom. The van der Waals surface area contributed by atoms with E-state index in [1.807, 2.05) is 19.9 Å². The highest BCUT2D eigenvalue weighted by Crippen LogP contribution is 2.40. The molecule has 10 heteroatoms. The largest absolute Gasteiger partial charge is 0.454 e. The molecule has 1 aliphatic rings. The second-order valence-electron chi connectivity index (χ2n) is 7.35. The summed E-state index contributed by atoms with van der Waals surface area (Å²) in [4.78, 5) is 26.8. The van der Waals surface area contributed by atoms with Crippen molar-refractivity contribution < 1.29 is 9.53 Å². The number of hydrazone groups is 1. The standard InChI is InChI=1S/C21H19Cl2N5O3/c1-10(2)13-8-19(29)26-17-4-3-12(7-14(13)17)31-20-15(22)5-11(6-16(20)23)28-21(30)25-9-18(24)27-28/h3-8,10H,9H2,1-2H3,(H2,24,27)(H,25,30)(H,26,29). The highest BCUT2D eigenvalue weighted by molar-refractivity contribution is 6.37. The van der Waals surface area contributed by atoms with E-state index in [4.69, 9.17) is 33.7 Å². The van der Waals surface area contributed by atoms with Gasteiger partial charge < -0.3 is 20.8 Å². The van der Waals surface area contributed by atoms with Crippen LogP contribution in [0, 0.1) is 0 Å². The molecule has 0 saturated heterocycles. The number of rotatable bonds is 4. The first kappa shape index (κ1) is 21.0. The minimum absolute atomic E-state index is 0.148. The summed E-state index contributed by atoms with van der Waals surface area (Å²) < 4.78 is 5.97. The van der Waals surface area contributed by atoms with E-state index in [1.165, 1.54) is 12.1 Å². The number of carbonyl (C=O) groups is 1. The lowest BCUT2D eigenvalue weighted by Gasteiger charge is -2.23. The average Bonchev–Trinajstić information content (AvgIpc) is 2.71. The lowest BCUT2D eigenvalue weighted by Crippen LogP contribution is -2.47. The van der Waals surface area contributed by atoms with Gasteiger partial charge in [-0.15, -0.1) is 5.10 Å². The Morgan fingerprint density at radius 1 is 1.13 bits per heavy atom. The maximum absolute atomic E-state index is 12.1. The molecule has 3 aromatic rings. The number of nitrogens with zero attached hydrogens (tertiary/aromatic N) is 2. The van der Waals surface area contributed by atoms with Crippen LogP contribution in [0.25, 0.3) is 10.9 Å². The third-order valence-electron chi connectivity index (χ3n) is 4.76. The summed E-state index contributed by atoms with van der Waals surface area (Å²) >= 11 is 12.8. The van der Waals surface area contributed by atoms with E-state index in [0.717, 1.165) is 16.0 Å². The normalized spacial score (nSPS) is 14.0. The minimum Gasteiger partial charge on any atom is -0.454 e. The maximum Gasteiger partial charge on any atom is 0.343 e. The molecule has 160 valence electrons. The smallest absolute Gasteiger partial charge is 0.343 e. The van der Waals surface area contributed by atoms with Crippen LogP contribution >= 0.6 is 23.2 Å². The summed E-state index contributed by atoms with van der Waals surface area (Å²) in [5.74, 6) is 1.13. The first-order chi connectivity index (χ1) is 14.7. The first-order valence-electron chi connectivity index (χ1n) is 9.47. The van der Waals surface area contributed by atoms with Gasteiger partial charge in [-0.1, -0.05) is 37.0 Å². The van der Waals surface area contributed by atoms with Crippen molar-refractivity contribution in [1.29, 1.82) is 0 Å². The zero-order valence-corrected chi connectivity index (χ0v) is 18.2. The van der Waals surface area contributed by atoms with Crippen LogP contribution in [0.2, 0.25) is 10.0 Å². The van der Waals surface area contributed by atoms with Crippen LogP contribution in [0.1, 0.15) is 25.3 Å². The van der Waals surface area contributed by atoms with Crippen LogP contribution in [0.3, 0.4) is 0 Å². The van der Waals surface area contributed by atoms with E-state index >= 15 is 0 Å². The Bertz CT molecular complexity index is 1260. The van der Waals surface area contributed by atoms with Crippen LogP contribution in [-0.2, 0) is 0 Å². The van der Waals surface area contributed by atoms with E-state index in [-0.39, 0.29) is 39.7 Å². The number of carbonyl (C=O) groups excluding carboxylic acids is 1. The molecule has 0 bridgehead atoms. The molecule has 4 N–H and O–H groups in total. The van der Waals surface area contributed by atoms with Crippen molar-refractivity contribution >= 4 is 51.7 Å². The molecule has 1 aromatic heterocycles. The molecule has 2 aromatic carbocycles. The molecule has 0 spiro atoms. The lowest BCUT2D eigenvalue weighted by atomic mass is 9.99. The minimum atomic E-state index is -0.445. The van der Waals surface area contributed by atoms with E-state index in [2.05, 4.69) is 15.4 Å². The van der Waals surface area contributed by atoms with Crippen molar-refractivity contribution in [3.8, 4) is 11.5 Å². The molecule has 0 atom stereocenters. The number of pyridine rings is 1. The van der Waals surface area contributed by atoms with Crippen molar-refractivity contribution in [2.45, 2.75) is 19.8 Å². The number of H-pyrrole nitrogens is 1. The topological polar surface area (TPSA) is 113 Å². The second-order valence-corrected chi connectivity index (χ2v) is 8.17. The zero-order valence-electron chi connectivity index (χ0n) is 16.7. The van der Waals surface area contributed by atoms with Gasteiger partial charge in [0.25, 0.3) is 0 Å². The number of halogens is 2. The summed E-state index contributed by atoms with van der Waals surface area (Å²) in [6, 6.07) is 9.48. The molecule has 0 saturated carbocycles. The number of hydrogen-bond donors (Lipinski definition) is 3. The van der Waals surface area contributed by atoms with Crippen LogP contribution in [0.5, 0.6) is 11.5 Å². The van der Waals surface area contributed by atoms with Gasteiger partial charge >= 0.3 is 6.03 Å². The molecule has 0 radical (unpaired) electrons. The molecule has 8 nitrogen and oxygen atoms in total. The molecular weight excluding hydrogens is 441 g/mol. The lowest BCUT2D eigenvalue weighted by molar-refractivity contribution is 0.246. The second kappa shape index (κ2) is 8.13. The monoisotopic (exact) mass is 459 g/mol. The summed E-state index contributed by atoms with van der Waals surface area (Å²) in [6.07, 6.45) is 0. The van der Waals surface area contributed by atoms with E-state index in [1.54, 1.807) is 18.2 Å². The van der Waals surface area contributed by atoms with E-state index in [0.29, 0.717) is 17.0 Å². The number of anilines is 1. The fourth-order valence-corrected chi connectivity index (χ4v) is 3.86. The van der Waals surface area contributed by atoms with Gasteiger partial charge in [-0.3, -0.25) is 4.79 Å². The van der Waals surface area contributed by atoms with E-state index < -0.39 is 6.03 Å². The number of amidine groups is 1. The van der Waals surface area contributed by atoms with Crippen LogP contribution in [0.15, 0.2) is 46.3 Å². The number of ether oxygens (including phenoxy) is 1. The number of aromatic amines is 1. The third kappa shape index (κ3) is 4.17. The maximum atomic E-state index is 12.1. The number of aromatic nitrogens is 1. The van der Waals surface area contributed by atoms with Gasteiger partial charge in [0, 0.05) is 17.0 Å². The first-order valence-corrected chi connectivity index (χ1v) is 10.2. The van der Waals surface area contributed by atoms with Crippen molar-refractivity contribution in [1.82, 2.24) is 10.3 Å². The van der Waals surface area contributed by atoms with Crippen LogP contribution < -0.4 is 26.4 Å². The van der Waals surface area contributed by atoms with Gasteiger partial charge in [-0.05, 0) is 41.8 Å². The Morgan fingerprint density at radius 3 is 2.52 bits per heavy atom. The van der Waals surface area contributed by atoms with Gasteiger partial charge in [-0.2, -0.15) is 5.01 Å². The van der Waals surface area contributed by atoms with Crippen molar-refractivity contribution in [3.05, 3.63) is 62.4 Å². The average molecular weight is 460 g/mol. The predicted octanol–water partition coefficient (Wildman–Crippen LogP) is 4.55. The number of urea groups is 1. The van der Waals surface area contributed by atoms with Gasteiger partial charge in [0.1, 0.15) is 11.6 Å². The number of nitrogens with one attached hydrogen (secondary N) is 2. The number of nitrogens with two attached hydrogens (primary N) is 1. The Kier molecular flexibility index (Phi) is 5.51. The summed E-state index contributed by atoms with van der Waals surface area (Å²) in [5, 5.41) is 8.96. The molecule has 4 rings (SSSR count). The Labute approximate surface area is 187 Å². The van der Waals surface area contributed by atoms with Crippen LogP contribution in [-0.4, -0.2) is 23.4 Å². The summed E-state index contributed by atoms with van der Waals surface area (Å²) in [7, 11) is 0.